The van der Waals surface area contributed by atoms with Gasteiger partial charge in [0.1, 0.15) is 0 Å². The summed E-state index contributed by atoms with van der Waals surface area (Å²) < 4.78 is 27.1. The van der Waals surface area contributed by atoms with Crippen LogP contribution in [0.5, 0.6) is 0 Å². The number of hydrogen-bond donors (Lipinski definition) is 1. The Bertz CT molecular complexity index is 593. The van der Waals surface area contributed by atoms with Gasteiger partial charge in [-0.2, -0.15) is 5.26 Å². The molecular formula is C14H17BrN2O2S. The summed E-state index contributed by atoms with van der Waals surface area (Å²) in [6.45, 7) is 0. The van der Waals surface area contributed by atoms with Gasteiger partial charge >= 0.3 is 0 Å². The van der Waals surface area contributed by atoms with Crippen molar-refractivity contribution in [3.8, 4) is 6.07 Å². The molecular weight excluding hydrogens is 340 g/mol. The summed E-state index contributed by atoms with van der Waals surface area (Å²) in [5.41, 5.74) is 1.23. The van der Waals surface area contributed by atoms with Gasteiger partial charge in [0.2, 0.25) is 10.0 Å². The van der Waals surface area contributed by atoms with E-state index in [9.17, 15) is 8.42 Å². The third-order valence-electron chi connectivity index (χ3n) is 3.45. The third kappa shape index (κ3) is 4.30. The van der Waals surface area contributed by atoms with E-state index < -0.39 is 10.0 Å². The molecule has 0 amide bonds. The van der Waals surface area contributed by atoms with Crippen LogP contribution in [-0.4, -0.2) is 19.3 Å². The van der Waals surface area contributed by atoms with Gasteiger partial charge in [-0.1, -0.05) is 40.9 Å². The van der Waals surface area contributed by atoms with Gasteiger partial charge in [-0.15, -0.1) is 0 Å². The van der Waals surface area contributed by atoms with Crippen LogP contribution in [0.3, 0.4) is 0 Å². The highest BCUT2D eigenvalue weighted by atomic mass is 79.9. The molecule has 0 heterocycles. The molecule has 6 heteroatoms. The van der Waals surface area contributed by atoms with E-state index in [-0.39, 0.29) is 16.6 Å². The van der Waals surface area contributed by atoms with Crippen LogP contribution >= 0.6 is 15.9 Å². The van der Waals surface area contributed by atoms with Crippen LogP contribution in [0, 0.1) is 11.3 Å². The summed E-state index contributed by atoms with van der Waals surface area (Å²) in [7, 11) is -3.35. The SMILES string of the molecule is N#Cc1ccc(CS(=O)(=O)NC2CCCCC2Br)cc1. The number of alkyl halides is 1. The minimum atomic E-state index is -3.35. The molecule has 4 nitrogen and oxygen atoms in total. The normalized spacial score (nSPS) is 23.2. The Morgan fingerprint density at radius 1 is 1.25 bits per heavy atom. The molecule has 0 aromatic heterocycles. The largest absolute Gasteiger partial charge is 0.216 e. The summed E-state index contributed by atoms with van der Waals surface area (Å²) in [5.74, 6) is -0.0467. The summed E-state index contributed by atoms with van der Waals surface area (Å²) in [6.07, 6.45) is 4.09. The molecule has 1 aliphatic carbocycles. The van der Waals surface area contributed by atoms with E-state index >= 15 is 0 Å². The second-order valence-corrected chi connectivity index (χ2v) is 8.02. The smallest absolute Gasteiger partial charge is 0.212 e. The quantitative estimate of drug-likeness (QED) is 0.843. The number of rotatable bonds is 4. The number of halogens is 1. The summed E-state index contributed by atoms with van der Waals surface area (Å²) >= 11 is 3.55. The molecule has 1 saturated carbocycles. The van der Waals surface area contributed by atoms with Crippen LogP contribution in [0.4, 0.5) is 0 Å². The first-order valence-corrected chi connectivity index (χ1v) is 9.20. The standard InChI is InChI=1S/C14H17BrN2O2S/c15-13-3-1-2-4-14(13)17-20(18,19)10-12-7-5-11(9-16)6-8-12/h5-8,13-14,17H,1-4,10H2. The molecule has 108 valence electrons. The van der Waals surface area contributed by atoms with E-state index in [0.717, 1.165) is 25.7 Å². The van der Waals surface area contributed by atoms with Crippen LogP contribution < -0.4 is 4.72 Å². The summed E-state index contributed by atoms with van der Waals surface area (Å²) in [5, 5.41) is 8.72. The third-order valence-corrected chi connectivity index (χ3v) is 5.92. The number of nitrogens with zero attached hydrogens (tertiary/aromatic N) is 1. The fourth-order valence-corrected chi connectivity index (χ4v) is 4.74. The van der Waals surface area contributed by atoms with Gasteiger partial charge < -0.3 is 0 Å². The van der Waals surface area contributed by atoms with Gasteiger partial charge in [0.05, 0.1) is 17.4 Å². The lowest BCUT2D eigenvalue weighted by Gasteiger charge is -2.27. The first kappa shape index (κ1) is 15.5. The minimum absolute atomic E-state index is 0.0212. The lowest BCUT2D eigenvalue weighted by molar-refractivity contribution is 0.427. The van der Waals surface area contributed by atoms with E-state index in [4.69, 9.17) is 5.26 Å². The average molecular weight is 357 g/mol. The molecule has 2 atom stereocenters. The summed E-state index contributed by atoms with van der Waals surface area (Å²) in [6, 6.07) is 8.64. The lowest BCUT2D eigenvalue weighted by atomic mass is 9.96. The number of sulfonamides is 1. The van der Waals surface area contributed by atoms with Crippen LogP contribution in [0.1, 0.15) is 36.8 Å². The molecule has 0 aliphatic heterocycles. The van der Waals surface area contributed by atoms with Crippen molar-refractivity contribution in [1.82, 2.24) is 4.72 Å². The molecule has 0 bridgehead atoms. The number of nitrogens with one attached hydrogen (secondary N) is 1. The second-order valence-electron chi connectivity index (χ2n) is 5.09. The molecule has 0 saturated heterocycles. The highest BCUT2D eigenvalue weighted by Gasteiger charge is 2.26. The molecule has 2 unspecified atom stereocenters. The monoisotopic (exact) mass is 356 g/mol. The van der Waals surface area contributed by atoms with E-state index in [1.54, 1.807) is 24.3 Å². The molecule has 1 aliphatic rings. The first-order chi connectivity index (χ1) is 9.50. The fraction of sp³-hybridized carbons (Fsp3) is 0.500. The Hall–Kier alpha value is -0.900. The molecule has 1 fully saturated rings. The van der Waals surface area contributed by atoms with Gasteiger partial charge in [0, 0.05) is 10.9 Å². The number of nitriles is 1. The van der Waals surface area contributed by atoms with Crippen LogP contribution in [0.25, 0.3) is 0 Å². The zero-order chi connectivity index (χ0) is 14.6. The van der Waals surface area contributed by atoms with E-state index in [1.165, 1.54) is 0 Å². The van der Waals surface area contributed by atoms with Gasteiger partial charge in [-0.3, -0.25) is 0 Å². The van der Waals surface area contributed by atoms with E-state index in [2.05, 4.69) is 20.7 Å². The Labute approximate surface area is 128 Å². The van der Waals surface area contributed by atoms with Crippen LogP contribution in [0.2, 0.25) is 0 Å². The number of benzene rings is 1. The molecule has 1 N–H and O–H groups in total. The Morgan fingerprint density at radius 3 is 2.50 bits per heavy atom. The predicted molar refractivity (Wildman–Crippen MR) is 81.9 cm³/mol. The van der Waals surface area contributed by atoms with Gasteiger partial charge in [0.15, 0.2) is 0 Å². The number of hydrogen-bond acceptors (Lipinski definition) is 3. The molecule has 0 radical (unpaired) electrons. The van der Waals surface area contributed by atoms with Crippen LogP contribution in [0.15, 0.2) is 24.3 Å². The average Bonchev–Trinajstić information content (AvgIpc) is 2.41. The Balaban J connectivity index is 2.01. The zero-order valence-corrected chi connectivity index (χ0v) is 13.5. The fourth-order valence-electron chi connectivity index (χ4n) is 2.39. The van der Waals surface area contributed by atoms with Crippen molar-refractivity contribution in [1.29, 1.82) is 5.26 Å². The van der Waals surface area contributed by atoms with Crippen molar-refractivity contribution in [2.75, 3.05) is 0 Å². The van der Waals surface area contributed by atoms with Crippen molar-refractivity contribution in [3.63, 3.8) is 0 Å². The predicted octanol–water partition coefficient (Wildman–Crippen LogP) is 2.68. The van der Waals surface area contributed by atoms with E-state index in [0.29, 0.717) is 11.1 Å². The van der Waals surface area contributed by atoms with Crippen LogP contribution in [-0.2, 0) is 15.8 Å². The molecule has 1 aromatic carbocycles. The molecule has 0 spiro atoms. The Morgan fingerprint density at radius 2 is 1.90 bits per heavy atom. The summed E-state index contributed by atoms with van der Waals surface area (Å²) in [4.78, 5) is 0.215. The Kier molecular flexibility index (Phi) is 5.19. The highest BCUT2D eigenvalue weighted by molar-refractivity contribution is 9.09. The first-order valence-electron chi connectivity index (χ1n) is 6.63. The topological polar surface area (TPSA) is 70.0 Å². The van der Waals surface area contributed by atoms with Gasteiger partial charge in [-0.25, -0.2) is 13.1 Å². The zero-order valence-electron chi connectivity index (χ0n) is 11.0. The maximum atomic E-state index is 12.2. The van der Waals surface area contributed by atoms with Gasteiger partial charge in [0.25, 0.3) is 0 Å². The minimum Gasteiger partial charge on any atom is -0.212 e. The van der Waals surface area contributed by atoms with Crippen molar-refractivity contribution >= 4 is 26.0 Å². The molecule has 20 heavy (non-hydrogen) atoms. The van der Waals surface area contributed by atoms with E-state index in [1.807, 2.05) is 6.07 Å². The maximum absolute atomic E-state index is 12.2. The van der Waals surface area contributed by atoms with Gasteiger partial charge in [-0.05, 0) is 30.5 Å². The van der Waals surface area contributed by atoms with Crippen molar-refractivity contribution in [2.24, 2.45) is 0 Å². The lowest BCUT2D eigenvalue weighted by Crippen LogP contribution is -2.43. The van der Waals surface area contributed by atoms with Crippen molar-refractivity contribution in [2.45, 2.75) is 42.3 Å². The highest BCUT2D eigenvalue weighted by Crippen LogP contribution is 2.25. The molecule has 2 rings (SSSR count). The van der Waals surface area contributed by atoms with Crippen molar-refractivity contribution < 1.29 is 8.42 Å². The van der Waals surface area contributed by atoms with Crippen molar-refractivity contribution in [3.05, 3.63) is 35.4 Å². The maximum Gasteiger partial charge on any atom is 0.216 e. The molecule has 1 aromatic rings. The second kappa shape index (κ2) is 6.70.